The number of hydrogen-bond acceptors (Lipinski definition) is 8. The van der Waals surface area contributed by atoms with E-state index in [4.69, 9.17) is 9.66 Å². The second-order valence-electron chi connectivity index (χ2n) is 3.22. The van der Waals surface area contributed by atoms with Gasteiger partial charge in [-0.3, -0.25) is 4.55 Å². The van der Waals surface area contributed by atoms with Gasteiger partial charge in [-0.25, -0.2) is 4.18 Å². The Kier molecular flexibility index (Phi) is 4.20. The highest BCUT2D eigenvalue weighted by atomic mass is 32.3. The molecule has 16 heavy (non-hydrogen) atoms. The van der Waals surface area contributed by atoms with E-state index in [9.17, 15) is 23.7 Å². The first-order chi connectivity index (χ1) is 7.26. The first kappa shape index (κ1) is 13.7. The monoisotopic (exact) mass is 260 g/mol. The molecule has 1 heterocycles. The van der Waals surface area contributed by atoms with Gasteiger partial charge in [0, 0.05) is 0 Å². The average molecular weight is 260 g/mol. The molecule has 96 valence electrons. The molecule has 0 unspecified atom stereocenters. The van der Waals surface area contributed by atoms with E-state index in [0.717, 1.165) is 0 Å². The van der Waals surface area contributed by atoms with Crippen molar-refractivity contribution in [1.29, 1.82) is 0 Å². The van der Waals surface area contributed by atoms with Crippen molar-refractivity contribution in [1.82, 2.24) is 0 Å². The van der Waals surface area contributed by atoms with Crippen LogP contribution in [0.5, 0.6) is 0 Å². The van der Waals surface area contributed by atoms with Crippen LogP contribution in [0.3, 0.4) is 0 Å². The first-order valence-corrected chi connectivity index (χ1v) is 5.59. The molecule has 0 saturated carbocycles. The Balaban J connectivity index is 2.80. The zero-order chi connectivity index (χ0) is 12.5. The van der Waals surface area contributed by atoms with Crippen molar-refractivity contribution in [2.24, 2.45) is 0 Å². The second kappa shape index (κ2) is 4.89. The molecule has 1 saturated heterocycles. The van der Waals surface area contributed by atoms with E-state index in [1.807, 2.05) is 0 Å². The minimum atomic E-state index is -4.91. The highest BCUT2D eigenvalue weighted by Crippen LogP contribution is 2.22. The lowest BCUT2D eigenvalue weighted by atomic mass is 9.99. The van der Waals surface area contributed by atoms with E-state index >= 15 is 0 Å². The SMILES string of the molecule is O=S(=O)(O)O[C@H]1[C@@H](O)[C@@H](O)[C@@H](CO)O[C@@H]1O. The molecule has 1 fully saturated rings. The lowest BCUT2D eigenvalue weighted by Crippen LogP contribution is -2.59. The fraction of sp³-hybridized carbons (Fsp3) is 1.00. The van der Waals surface area contributed by atoms with Gasteiger partial charge in [0.25, 0.3) is 0 Å². The molecule has 1 aliphatic heterocycles. The second-order valence-corrected chi connectivity index (χ2v) is 4.27. The van der Waals surface area contributed by atoms with Gasteiger partial charge in [-0.2, -0.15) is 8.42 Å². The van der Waals surface area contributed by atoms with E-state index in [1.165, 1.54) is 0 Å². The molecule has 0 aliphatic carbocycles. The molecule has 0 amide bonds. The van der Waals surface area contributed by atoms with E-state index < -0.39 is 47.7 Å². The molecule has 1 aliphatic rings. The Morgan fingerprint density at radius 3 is 2.19 bits per heavy atom. The smallest absolute Gasteiger partial charge is 0.394 e. The van der Waals surface area contributed by atoms with Crippen molar-refractivity contribution in [3.63, 3.8) is 0 Å². The maximum absolute atomic E-state index is 10.4. The third-order valence-electron chi connectivity index (χ3n) is 2.08. The van der Waals surface area contributed by atoms with Gasteiger partial charge < -0.3 is 25.2 Å². The summed E-state index contributed by atoms with van der Waals surface area (Å²) < 4.78 is 37.6. The topological polar surface area (TPSA) is 154 Å². The van der Waals surface area contributed by atoms with Crippen LogP contribution in [0.25, 0.3) is 0 Å². The summed E-state index contributed by atoms with van der Waals surface area (Å²) in [7, 11) is -4.91. The molecule has 0 radical (unpaired) electrons. The van der Waals surface area contributed by atoms with Gasteiger partial charge >= 0.3 is 10.4 Å². The summed E-state index contributed by atoms with van der Waals surface area (Å²) in [5.74, 6) is 0. The molecule has 1 rings (SSSR count). The van der Waals surface area contributed by atoms with Crippen molar-refractivity contribution in [3.05, 3.63) is 0 Å². The molecular formula is C6H12O9S. The van der Waals surface area contributed by atoms with Crippen LogP contribution in [0.4, 0.5) is 0 Å². The summed E-state index contributed by atoms with van der Waals surface area (Å²) in [6.07, 6.45) is -8.53. The quantitative estimate of drug-likeness (QED) is 0.327. The molecule has 10 heteroatoms. The Hall–Kier alpha value is -0.330. The summed E-state index contributed by atoms with van der Waals surface area (Å²) in [4.78, 5) is 0. The Morgan fingerprint density at radius 2 is 1.75 bits per heavy atom. The van der Waals surface area contributed by atoms with Gasteiger partial charge in [-0.05, 0) is 0 Å². The van der Waals surface area contributed by atoms with Crippen LogP contribution in [0.2, 0.25) is 0 Å². The van der Waals surface area contributed by atoms with Crippen LogP contribution < -0.4 is 0 Å². The minimum Gasteiger partial charge on any atom is -0.394 e. The third-order valence-corrected chi connectivity index (χ3v) is 2.54. The normalized spacial score (nSPS) is 40.9. The van der Waals surface area contributed by atoms with Gasteiger partial charge in [-0.15, -0.1) is 0 Å². The van der Waals surface area contributed by atoms with E-state index in [-0.39, 0.29) is 0 Å². The summed E-state index contributed by atoms with van der Waals surface area (Å²) in [5.41, 5.74) is 0. The molecule has 5 atom stereocenters. The fourth-order valence-electron chi connectivity index (χ4n) is 1.32. The number of aliphatic hydroxyl groups is 4. The minimum absolute atomic E-state index is 0.687. The number of hydrogen-bond donors (Lipinski definition) is 5. The van der Waals surface area contributed by atoms with Gasteiger partial charge in [0.1, 0.15) is 18.3 Å². The van der Waals surface area contributed by atoms with E-state index in [1.54, 1.807) is 0 Å². The third kappa shape index (κ3) is 3.09. The fourth-order valence-corrected chi connectivity index (χ4v) is 1.81. The highest BCUT2D eigenvalue weighted by molar-refractivity contribution is 7.80. The van der Waals surface area contributed by atoms with Crippen LogP contribution in [-0.4, -0.2) is 70.7 Å². The maximum Gasteiger partial charge on any atom is 0.397 e. The Labute approximate surface area is 90.8 Å². The molecule has 0 bridgehead atoms. The van der Waals surface area contributed by atoms with Crippen molar-refractivity contribution in [2.45, 2.75) is 30.7 Å². The van der Waals surface area contributed by atoms with E-state index in [2.05, 4.69) is 8.92 Å². The van der Waals surface area contributed by atoms with Crippen molar-refractivity contribution >= 4 is 10.4 Å². The van der Waals surface area contributed by atoms with Gasteiger partial charge in [0.15, 0.2) is 12.4 Å². The zero-order valence-electron chi connectivity index (χ0n) is 7.87. The molecule has 0 aromatic heterocycles. The van der Waals surface area contributed by atoms with Crippen LogP contribution >= 0.6 is 0 Å². The zero-order valence-corrected chi connectivity index (χ0v) is 8.69. The molecule has 9 nitrogen and oxygen atoms in total. The molecule has 0 aromatic carbocycles. The predicted molar refractivity (Wildman–Crippen MR) is 46.4 cm³/mol. The number of aliphatic hydroxyl groups excluding tert-OH is 4. The standard InChI is InChI=1S/C6H12O9S/c7-1-2-3(8)4(9)5(6(10)14-2)15-16(11,12)13/h2-10H,1H2,(H,11,12,13)/t2-,3+,4+,5+,6+/m1/s1. The molecule has 5 N–H and O–H groups in total. The van der Waals surface area contributed by atoms with Gasteiger partial charge in [0.05, 0.1) is 6.61 Å². The van der Waals surface area contributed by atoms with Crippen molar-refractivity contribution < 1.29 is 42.3 Å². The van der Waals surface area contributed by atoms with Crippen LogP contribution in [0.15, 0.2) is 0 Å². The Bertz CT molecular complexity index is 327. The van der Waals surface area contributed by atoms with Crippen molar-refractivity contribution in [3.8, 4) is 0 Å². The summed E-state index contributed by atoms with van der Waals surface area (Å²) in [6.45, 7) is -0.687. The predicted octanol–water partition coefficient (Wildman–Crippen LogP) is -3.39. The lowest BCUT2D eigenvalue weighted by molar-refractivity contribution is -0.280. The van der Waals surface area contributed by atoms with E-state index in [0.29, 0.717) is 0 Å². The summed E-state index contributed by atoms with van der Waals surface area (Å²) >= 11 is 0. The summed E-state index contributed by atoms with van der Waals surface area (Å²) in [6, 6.07) is 0. The lowest BCUT2D eigenvalue weighted by Gasteiger charge is -2.38. The number of rotatable bonds is 3. The average Bonchev–Trinajstić information content (AvgIpc) is 2.17. The largest absolute Gasteiger partial charge is 0.397 e. The molecular weight excluding hydrogens is 248 g/mol. The van der Waals surface area contributed by atoms with Crippen LogP contribution in [0, 0.1) is 0 Å². The van der Waals surface area contributed by atoms with Crippen LogP contribution in [-0.2, 0) is 19.3 Å². The Morgan fingerprint density at radius 1 is 1.19 bits per heavy atom. The number of ether oxygens (including phenoxy) is 1. The molecule has 0 aromatic rings. The van der Waals surface area contributed by atoms with Gasteiger partial charge in [-0.1, -0.05) is 0 Å². The first-order valence-electron chi connectivity index (χ1n) is 4.22. The van der Waals surface area contributed by atoms with Crippen molar-refractivity contribution in [2.75, 3.05) is 6.61 Å². The highest BCUT2D eigenvalue weighted by Gasteiger charge is 2.46. The van der Waals surface area contributed by atoms with Gasteiger partial charge in [0.2, 0.25) is 0 Å². The maximum atomic E-state index is 10.4. The summed E-state index contributed by atoms with van der Waals surface area (Å²) in [5, 5.41) is 36.6. The molecule has 0 spiro atoms. The van der Waals surface area contributed by atoms with Crippen LogP contribution in [0.1, 0.15) is 0 Å².